The molecule has 1 unspecified atom stereocenters. The number of halogens is 2. The number of carbonyl (C=O) groups excluding carboxylic acids is 1. The van der Waals surface area contributed by atoms with Crippen molar-refractivity contribution in [2.75, 3.05) is 5.73 Å². The van der Waals surface area contributed by atoms with Crippen LogP contribution in [0.1, 0.15) is 39.7 Å². The van der Waals surface area contributed by atoms with Gasteiger partial charge in [-0.1, -0.05) is 6.07 Å². The molecule has 1 aliphatic carbocycles. The molecule has 0 saturated carbocycles. The van der Waals surface area contributed by atoms with Gasteiger partial charge in [0.1, 0.15) is 4.88 Å². The highest BCUT2D eigenvalue weighted by Crippen LogP contribution is 2.32. The largest absolute Gasteiger partial charge is 0.399 e. The first kappa shape index (κ1) is 16.3. The number of hydrogen-bond acceptors (Lipinski definition) is 3. The Morgan fingerprint density at radius 2 is 2.19 bits per heavy atom. The Bertz CT molecular complexity index is 659. The van der Waals surface area contributed by atoms with Gasteiger partial charge in [-0.2, -0.15) is 0 Å². The van der Waals surface area contributed by atoms with Crippen molar-refractivity contribution in [2.24, 2.45) is 0 Å². The van der Waals surface area contributed by atoms with Crippen LogP contribution in [0.4, 0.5) is 5.69 Å². The van der Waals surface area contributed by atoms with Gasteiger partial charge in [0.25, 0.3) is 5.91 Å². The molecule has 0 radical (unpaired) electrons. The van der Waals surface area contributed by atoms with Crippen LogP contribution in [0.25, 0.3) is 0 Å². The molecule has 1 aromatic carbocycles. The van der Waals surface area contributed by atoms with E-state index in [1.165, 1.54) is 22.5 Å². The first-order chi connectivity index (χ1) is 9.65. The maximum Gasteiger partial charge on any atom is 0.262 e. The normalized spacial score (nSPS) is 16.7. The third kappa shape index (κ3) is 3.42. The topological polar surface area (TPSA) is 55.1 Å². The van der Waals surface area contributed by atoms with E-state index < -0.39 is 0 Å². The molecule has 0 fully saturated rings. The molecule has 1 aliphatic rings. The summed E-state index contributed by atoms with van der Waals surface area (Å²) in [6, 6.07) is 7.95. The van der Waals surface area contributed by atoms with Gasteiger partial charge in [-0.15, -0.1) is 23.7 Å². The van der Waals surface area contributed by atoms with Gasteiger partial charge < -0.3 is 11.1 Å². The fourth-order valence-corrected chi connectivity index (χ4v) is 4.12. The lowest BCUT2D eigenvalue weighted by atomic mass is 9.87. The summed E-state index contributed by atoms with van der Waals surface area (Å²) in [6.45, 7) is 0. The summed E-state index contributed by atoms with van der Waals surface area (Å²) in [5, 5.41) is 5.05. The Morgan fingerprint density at radius 1 is 1.38 bits per heavy atom. The molecule has 0 aliphatic heterocycles. The van der Waals surface area contributed by atoms with Crippen LogP contribution >= 0.6 is 39.7 Å². The molecule has 0 bridgehead atoms. The highest BCUT2D eigenvalue weighted by molar-refractivity contribution is 9.10. The second kappa shape index (κ2) is 6.81. The lowest BCUT2D eigenvalue weighted by Crippen LogP contribution is -2.30. The lowest BCUT2D eigenvalue weighted by Gasteiger charge is -2.26. The maximum atomic E-state index is 12.3. The Morgan fingerprint density at radius 3 is 2.90 bits per heavy atom. The van der Waals surface area contributed by atoms with Crippen molar-refractivity contribution in [1.82, 2.24) is 5.32 Å². The Balaban J connectivity index is 0.00000161. The number of nitrogens with one attached hydrogen (secondary N) is 1. The van der Waals surface area contributed by atoms with E-state index in [0.717, 1.165) is 34.3 Å². The monoisotopic (exact) mass is 386 g/mol. The van der Waals surface area contributed by atoms with Crippen LogP contribution in [0.2, 0.25) is 0 Å². The Kier molecular flexibility index (Phi) is 5.30. The summed E-state index contributed by atoms with van der Waals surface area (Å²) in [5.74, 6) is -0.0125. The number of thiophene rings is 1. The van der Waals surface area contributed by atoms with E-state index in [-0.39, 0.29) is 24.4 Å². The summed E-state index contributed by atoms with van der Waals surface area (Å²) >= 11 is 4.86. The number of nitrogens with two attached hydrogens (primary N) is 1. The van der Waals surface area contributed by atoms with Gasteiger partial charge in [-0.25, -0.2) is 0 Å². The molecule has 0 spiro atoms. The standard InChI is InChI=1S/C15H15BrN2OS.ClH/c16-12-6-7-20-14(12)15(19)18-13-3-1-2-9-8-10(17)4-5-11(9)13;/h4-8,13H,1-3,17H2,(H,18,19);1H. The number of rotatable bonds is 2. The quantitative estimate of drug-likeness (QED) is 0.754. The minimum atomic E-state index is -0.0125. The maximum absolute atomic E-state index is 12.3. The van der Waals surface area contributed by atoms with Crippen LogP contribution in [0.3, 0.4) is 0 Å². The van der Waals surface area contributed by atoms with E-state index in [1.54, 1.807) is 0 Å². The van der Waals surface area contributed by atoms with Crippen LogP contribution in [-0.4, -0.2) is 5.91 Å². The highest BCUT2D eigenvalue weighted by Gasteiger charge is 2.23. The number of amides is 1. The van der Waals surface area contributed by atoms with Gasteiger partial charge in [-0.3, -0.25) is 4.79 Å². The molecule has 3 nitrogen and oxygen atoms in total. The van der Waals surface area contributed by atoms with Crippen LogP contribution in [0, 0.1) is 0 Å². The first-order valence-electron chi connectivity index (χ1n) is 6.57. The lowest BCUT2D eigenvalue weighted by molar-refractivity contribution is 0.0936. The number of aryl methyl sites for hydroxylation is 1. The molecule has 1 atom stereocenters. The zero-order valence-electron chi connectivity index (χ0n) is 11.3. The van der Waals surface area contributed by atoms with E-state index in [9.17, 15) is 4.79 Å². The molecule has 3 rings (SSSR count). The van der Waals surface area contributed by atoms with Crippen molar-refractivity contribution in [3.8, 4) is 0 Å². The molecular weight excluding hydrogens is 372 g/mol. The molecular formula is C15H16BrClN2OS. The van der Waals surface area contributed by atoms with E-state index in [4.69, 9.17) is 5.73 Å². The van der Waals surface area contributed by atoms with Crippen molar-refractivity contribution in [3.63, 3.8) is 0 Å². The Hall–Kier alpha value is -1.04. The molecule has 21 heavy (non-hydrogen) atoms. The van der Waals surface area contributed by atoms with E-state index in [0.29, 0.717) is 0 Å². The third-order valence-corrected chi connectivity index (χ3v) is 5.45. The van der Waals surface area contributed by atoms with E-state index in [2.05, 4.69) is 21.2 Å². The van der Waals surface area contributed by atoms with Crippen molar-refractivity contribution < 1.29 is 4.79 Å². The molecule has 2 aromatic rings. The first-order valence-corrected chi connectivity index (χ1v) is 8.24. The van der Waals surface area contributed by atoms with Gasteiger partial charge in [0.15, 0.2) is 0 Å². The minimum Gasteiger partial charge on any atom is -0.399 e. The molecule has 1 amide bonds. The van der Waals surface area contributed by atoms with E-state index in [1.807, 2.05) is 29.6 Å². The van der Waals surface area contributed by atoms with Crippen molar-refractivity contribution >= 4 is 51.3 Å². The predicted octanol–water partition coefficient (Wildman–Crippen LogP) is 4.32. The fraction of sp³-hybridized carbons (Fsp3) is 0.267. The van der Waals surface area contributed by atoms with Crippen molar-refractivity contribution in [1.29, 1.82) is 0 Å². The molecule has 1 heterocycles. The summed E-state index contributed by atoms with van der Waals surface area (Å²) in [5.41, 5.74) is 9.08. The number of nitrogen functional groups attached to an aromatic ring is 1. The molecule has 112 valence electrons. The van der Waals surface area contributed by atoms with Gasteiger partial charge in [-0.05, 0) is 69.9 Å². The summed E-state index contributed by atoms with van der Waals surface area (Å²) in [7, 11) is 0. The summed E-state index contributed by atoms with van der Waals surface area (Å²) in [6.07, 6.45) is 3.09. The number of carbonyl (C=O) groups is 1. The zero-order valence-corrected chi connectivity index (χ0v) is 14.5. The highest BCUT2D eigenvalue weighted by atomic mass is 79.9. The minimum absolute atomic E-state index is 0. The van der Waals surface area contributed by atoms with Gasteiger partial charge >= 0.3 is 0 Å². The second-order valence-corrected chi connectivity index (χ2v) is 6.74. The predicted molar refractivity (Wildman–Crippen MR) is 93.3 cm³/mol. The van der Waals surface area contributed by atoms with Crippen LogP contribution in [-0.2, 0) is 6.42 Å². The SMILES string of the molecule is Cl.Nc1ccc2c(c1)CCCC2NC(=O)c1sccc1Br. The van der Waals surface area contributed by atoms with Crippen molar-refractivity contribution in [3.05, 3.63) is 50.1 Å². The third-order valence-electron chi connectivity index (χ3n) is 3.61. The van der Waals surface area contributed by atoms with Crippen LogP contribution in [0.15, 0.2) is 34.1 Å². The number of anilines is 1. The summed E-state index contributed by atoms with van der Waals surface area (Å²) < 4.78 is 0.855. The number of fused-ring (bicyclic) bond motifs is 1. The fourth-order valence-electron chi connectivity index (χ4n) is 2.66. The second-order valence-electron chi connectivity index (χ2n) is 4.97. The van der Waals surface area contributed by atoms with E-state index >= 15 is 0 Å². The smallest absolute Gasteiger partial charge is 0.262 e. The van der Waals surface area contributed by atoms with Gasteiger partial charge in [0, 0.05) is 10.2 Å². The van der Waals surface area contributed by atoms with Crippen LogP contribution < -0.4 is 11.1 Å². The average Bonchev–Trinajstić information content (AvgIpc) is 2.85. The Labute approximate surface area is 142 Å². The average molecular weight is 388 g/mol. The van der Waals surface area contributed by atoms with Gasteiger partial charge in [0.2, 0.25) is 0 Å². The van der Waals surface area contributed by atoms with Gasteiger partial charge in [0.05, 0.1) is 6.04 Å². The summed E-state index contributed by atoms with van der Waals surface area (Å²) in [4.78, 5) is 13.0. The van der Waals surface area contributed by atoms with Crippen LogP contribution in [0.5, 0.6) is 0 Å². The molecule has 6 heteroatoms. The molecule has 3 N–H and O–H groups in total. The number of hydrogen-bond donors (Lipinski definition) is 2. The molecule has 1 aromatic heterocycles. The number of benzene rings is 1. The molecule has 0 saturated heterocycles. The van der Waals surface area contributed by atoms with Crippen molar-refractivity contribution in [2.45, 2.75) is 25.3 Å². The zero-order chi connectivity index (χ0) is 14.1.